The molecule has 3 saturated carbocycles. The van der Waals surface area contributed by atoms with Crippen LogP contribution in [0.2, 0.25) is 0 Å². The molecule has 0 unspecified atom stereocenters. The molecule has 0 aromatic rings. The molecule has 0 saturated heterocycles. The molecule has 0 aromatic heterocycles. The van der Waals surface area contributed by atoms with Crippen LogP contribution in [-0.2, 0) is 9.59 Å². The Morgan fingerprint density at radius 2 is 2.00 bits per heavy atom. The predicted octanol–water partition coefficient (Wildman–Crippen LogP) is 3.31. The van der Waals surface area contributed by atoms with E-state index in [4.69, 9.17) is 0 Å². The van der Waals surface area contributed by atoms with E-state index < -0.39 is 0 Å². The lowest BCUT2D eigenvalue weighted by molar-refractivity contribution is -0.132. The molecule has 0 radical (unpaired) electrons. The van der Waals surface area contributed by atoms with E-state index in [0.29, 0.717) is 17.6 Å². The summed E-state index contributed by atoms with van der Waals surface area (Å²) in [5, 5.41) is 9.32. The van der Waals surface area contributed by atoms with Crippen LogP contribution in [0.3, 0.4) is 0 Å². The average molecular weight is 316 g/mol. The summed E-state index contributed by atoms with van der Waals surface area (Å²) in [5.41, 5.74) is 1.53. The zero-order chi connectivity index (χ0) is 16.2. The molecular formula is C20H28O3. The van der Waals surface area contributed by atoms with Gasteiger partial charge in [0.05, 0.1) is 0 Å². The van der Waals surface area contributed by atoms with Crippen molar-refractivity contribution in [1.29, 1.82) is 0 Å². The Kier molecular flexibility index (Phi) is 3.75. The molecule has 6 atom stereocenters. The van der Waals surface area contributed by atoms with Gasteiger partial charge in [-0.15, -0.1) is 0 Å². The Morgan fingerprint density at radius 3 is 2.78 bits per heavy atom. The van der Waals surface area contributed by atoms with Gasteiger partial charge >= 0.3 is 0 Å². The van der Waals surface area contributed by atoms with Gasteiger partial charge in [0.25, 0.3) is 0 Å². The Morgan fingerprint density at radius 1 is 1.17 bits per heavy atom. The molecule has 1 N–H and O–H groups in total. The van der Waals surface area contributed by atoms with Crippen LogP contribution in [0.5, 0.6) is 0 Å². The minimum Gasteiger partial charge on any atom is -0.389 e. The van der Waals surface area contributed by atoms with E-state index >= 15 is 0 Å². The van der Waals surface area contributed by atoms with Gasteiger partial charge in [0.2, 0.25) is 0 Å². The lowest BCUT2D eigenvalue weighted by atomic mass is 9.51. The van der Waals surface area contributed by atoms with Crippen molar-refractivity contribution < 1.29 is 14.7 Å². The van der Waals surface area contributed by atoms with Gasteiger partial charge in [-0.25, -0.2) is 0 Å². The summed E-state index contributed by atoms with van der Waals surface area (Å²) in [5.74, 6) is 3.18. The maximum absolute atomic E-state index is 12.2. The molecule has 0 spiro atoms. The smallest absolute Gasteiger partial charge is 0.161 e. The number of carbonyl (C=O) groups is 2. The van der Waals surface area contributed by atoms with Gasteiger partial charge in [-0.2, -0.15) is 0 Å². The highest BCUT2D eigenvalue weighted by atomic mass is 16.3. The number of Topliss-reactive ketones (excluding diaryl/α,β-unsaturated/α-hetero) is 1. The maximum Gasteiger partial charge on any atom is 0.161 e. The lowest BCUT2D eigenvalue weighted by Crippen LogP contribution is -2.47. The summed E-state index contributed by atoms with van der Waals surface area (Å²) in [6.07, 6.45) is 10.4. The lowest BCUT2D eigenvalue weighted by Gasteiger charge is -2.53. The average Bonchev–Trinajstić information content (AvgIpc) is 2.90. The normalized spacial score (nSPS) is 45.7. The van der Waals surface area contributed by atoms with Crippen molar-refractivity contribution in [2.24, 2.45) is 35.0 Å². The number of fused-ring (bicyclic) bond motifs is 5. The number of carbonyl (C=O) groups excluding carboxylic acids is 2. The minimum atomic E-state index is -0.293. The topological polar surface area (TPSA) is 54.4 Å². The second-order valence-corrected chi connectivity index (χ2v) is 8.60. The number of aliphatic hydroxyl groups is 1. The first kappa shape index (κ1) is 15.6. The zero-order valence-electron chi connectivity index (χ0n) is 14.1. The number of allylic oxidation sites excluding steroid dienone is 1. The van der Waals surface area contributed by atoms with E-state index in [-0.39, 0.29) is 23.7 Å². The van der Waals surface area contributed by atoms with E-state index in [1.807, 2.05) is 6.08 Å². The summed E-state index contributed by atoms with van der Waals surface area (Å²) in [7, 11) is 0. The first-order chi connectivity index (χ1) is 11.0. The maximum atomic E-state index is 12.2. The van der Waals surface area contributed by atoms with Gasteiger partial charge in [-0.3, -0.25) is 9.59 Å². The quantitative estimate of drug-likeness (QED) is 0.850. The molecule has 4 aliphatic rings. The molecule has 4 aliphatic carbocycles. The van der Waals surface area contributed by atoms with Gasteiger partial charge in [0, 0.05) is 12.3 Å². The van der Waals surface area contributed by atoms with Gasteiger partial charge in [-0.1, -0.05) is 12.5 Å². The van der Waals surface area contributed by atoms with Crippen LogP contribution in [0.4, 0.5) is 0 Å². The van der Waals surface area contributed by atoms with E-state index in [0.717, 1.165) is 50.4 Å². The number of ketones is 2. The molecule has 0 amide bonds. The van der Waals surface area contributed by atoms with Crippen LogP contribution in [0.15, 0.2) is 11.6 Å². The number of hydrogen-bond donors (Lipinski definition) is 1. The fourth-order valence-electron chi connectivity index (χ4n) is 6.82. The first-order valence-electron chi connectivity index (χ1n) is 9.41. The summed E-state index contributed by atoms with van der Waals surface area (Å²) in [4.78, 5) is 23.9. The molecule has 126 valence electrons. The molecule has 3 heteroatoms. The summed E-state index contributed by atoms with van der Waals surface area (Å²) in [6, 6.07) is 0. The molecule has 3 fully saturated rings. The third kappa shape index (κ3) is 2.26. The third-order valence-corrected chi connectivity index (χ3v) is 7.84. The largest absolute Gasteiger partial charge is 0.389 e. The second kappa shape index (κ2) is 5.54. The Labute approximate surface area is 138 Å². The SMILES string of the molecule is C[C@]12CC[C@H]3[C@H](CCC4=CC(=O)CC[C@H]43)[C@H]1CC[C@@H]2C(=O)CO. The number of rotatable bonds is 2. The fraction of sp³-hybridized carbons (Fsp3) is 0.800. The van der Waals surface area contributed by atoms with Crippen molar-refractivity contribution in [3.8, 4) is 0 Å². The van der Waals surface area contributed by atoms with E-state index in [1.165, 1.54) is 18.4 Å². The van der Waals surface area contributed by atoms with E-state index in [2.05, 4.69) is 6.92 Å². The molecule has 0 heterocycles. The van der Waals surface area contributed by atoms with Crippen molar-refractivity contribution in [3.63, 3.8) is 0 Å². The molecular weight excluding hydrogens is 288 g/mol. The summed E-state index contributed by atoms with van der Waals surface area (Å²) < 4.78 is 0. The predicted molar refractivity (Wildman–Crippen MR) is 87.7 cm³/mol. The number of hydrogen-bond acceptors (Lipinski definition) is 3. The molecule has 23 heavy (non-hydrogen) atoms. The van der Waals surface area contributed by atoms with Crippen molar-refractivity contribution in [2.75, 3.05) is 6.61 Å². The highest BCUT2D eigenvalue weighted by Crippen LogP contribution is 2.63. The minimum absolute atomic E-state index is 0.0631. The first-order valence-corrected chi connectivity index (χ1v) is 9.41. The van der Waals surface area contributed by atoms with Crippen LogP contribution in [0, 0.1) is 35.0 Å². The third-order valence-electron chi connectivity index (χ3n) is 7.84. The Balaban J connectivity index is 1.60. The summed E-state index contributed by atoms with van der Waals surface area (Å²) in [6.45, 7) is 2.02. The molecule has 3 nitrogen and oxygen atoms in total. The van der Waals surface area contributed by atoms with E-state index in [1.54, 1.807) is 0 Å². The van der Waals surface area contributed by atoms with Crippen LogP contribution in [-0.4, -0.2) is 23.3 Å². The summed E-state index contributed by atoms with van der Waals surface area (Å²) >= 11 is 0. The number of aliphatic hydroxyl groups excluding tert-OH is 1. The van der Waals surface area contributed by atoms with Crippen molar-refractivity contribution in [3.05, 3.63) is 11.6 Å². The van der Waals surface area contributed by atoms with Crippen molar-refractivity contribution in [1.82, 2.24) is 0 Å². The van der Waals surface area contributed by atoms with Crippen LogP contribution >= 0.6 is 0 Å². The zero-order valence-corrected chi connectivity index (χ0v) is 14.1. The van der Waals surface area contributed by atoms with Crippen molar-refractivity contribution in [2.45, 2.75) is 58.3 Å². The Bertz CT molecular complexity index is 563. The van der Waals surface area contributed by atoms with Crippen molar-refractivity contribution >= 4 is 11.6 Å². The van der Waals surface area contributed by atoms with Gasteiger partial charge in [0.1, 0.15) is 6.61 Å². The molecule has 0 aromatic carbocycles. The Hall–Kier alpha value is -0.960. The highest BCUT2D eigenvalue weighted by Gasteiger charge is 2.57. The van der Waals surface area contributed by atoms with Gasteiger partial charge in [0.15, 0.2) is 11.6 Å². The van der Waals surface area contributed by atoms with E-state index in [9.17, 15) is 14.7 Å². The molecule has 0 bridgehead atoms. The van der Waals surface area contributed by atoms with Crippen LogP contribution in [0.25, 0.3) is 0 Å². The van der Waals surface area contributed by atoms with Gasteiger partial charge < -0.3 is 5.11 Å². The standard InChI is InChI=1S/C20H28O3/c1-20-9-8-15-14-5-3-13(22)10-12(14)2-4-16(15)17(20)6-7-18(20)19(23)11-21/h10,14-18,21H,2-9,11H2,1H3/t14-,15-,16+,17-,18-,20+/m1/s1. The molecule has 0 aliphatic heterocycles. The second-order valence-electron chi connectivity index (χ2n) is 8.60. The monoisotopic (exact) mass is 316 g/mol. The van der Waals surface area contributed by atoms with Gasteiger partial charge in [-0.05, 0) is 80.1 Å². The fourth-order valence-corrected chi connectivity index (χ4v) is 6.82. The van der Waals surface area contributed by atoms with Crippen LogP contribution in [0.1, 0.15) is 58.3 Å². The highest BCUT2D eigenvalue weighted by molar-refractivity contribution is 5.91. The molecule has 4 rings (SSSR count). The van der Waals surface area contributed by atoms with Crippen LogP contribution < -0.4 is 0 Å².